The number of pyridine rings is 1. The summed E-state index contributed by atoms with van der Waals surface area (Å²) in [6.07, 6.45) is 3.11. The molecule has 142 valence electrons. The van der Waals surface area contributed by atoms with Gasteiger partial charge in [0, 0.05) is 18.3 Å². The second kappa shape index (κ2) is 7.00. The molecule has 3 nitrogen and oxygen atoms in total. The molecule has 3 aliphatic rings. The molecule has 0 aliphatic heterocycles. The Morgan fingerprint density at radius 3 is 2.63 bits per heavy atom. The van der Waals surface area contributed by atoms with Gasteiger partial charge < -0.3 is 10.5 Å². The summed E-state index contributed by atoms with van der Waals surface area (Å²) in [4.78, 5) is 3.75. The van der Waals surface area contributed by atoms with E-state index in [2.05, 4.69) is 11.1 Å². The molecule has 0 amide bonds. The van der Waals surface area contributed by atoms with Crippen molar-refractivity contribution in [3.8, 4) is 11.6 Å². The molecular weight excluding hydrogens is 353 g/mol. The number of nitrogens with two attached hydrogens (primary N) is 1. The molecule has 5 rings (SSSR count). The van der Waals surface area contributed by atoms with E-state index >= 15 is 0 Å². The Hall–Kier alpha value is -2.34. The average molecular weight is 374 g/mol. The molecule has 6 heteroatoms. The smallest absolute Gasteiger partial charge is 0.417 e. The van der Waals surface area contributed by atoms with Crippen LogP contribution in [0, 0.1) is 11.8 Å². The SMILES string of the molecule is NC1CC2CCC1C/C2=C\c1cccc(Oc2ccc(C(F)(F)F)cn2)c1. The summed E-state index contributed by atoms with van der Waals surface area (Å²) in [5.74, 6) is 1.83. The van der Waals surface area contributed by atoms with Crippen LogP contribution in [-0.2, 0) is 6.18 Å². The largest absolute Gasteiger partial charge is 0.439 e. The van der Waals surface area contributed by atoms with Crippen molar-refractivity contribution in [2.45, 2.75) is 37.9 Å². The highest BCUT2D eigenvalue weighted by molar-refractivity contribution is 5.56. The van der Waals surface area contributed by atoms with E-state index in [0.29, 0.717) is 23.6 Å². The van der Waals surface area contributed by atoms with Crippen LogP contribution in [0.2, 0.25) is 0 Å². The van der Waals surface area contributed by atoms with Gasteiger partial charge in [0.25, 0.3) is 0 Å². The molecule has 3 atom stereocenters. The van der Waals surface area contributed by atoms with Gasteiger partial charge in [-0.3, -0.25) is 0 Å². The first-order valence-corrected chi connectivity index (χ1v) is 9.16. The summed E-state index contributed by atoms with van der Waals surface area (Å²) in [5.41, 5.74) is 7.87. The van der Waals surface area contributed by atoms with Crippen LogP contribution in [0.1, 0.15) is 36.8 Å². The fourth-order valence-corrected chi connectivity index (χ4v) is 4.12. The molecule has 3 saturated carbocycles. The van der Waals surface area contributed by atoms with Crippen LogP contribution in [0.15, 0.2) is 48.2 Å². The van der Waals surface area contributed by atoms with Gasteiger partial charge in [-0.1, -0.05) is 23.8 Å². The number of nitrogens with zero attached hydrogens (tertiary/aromatic N) is 1. The molecule has 3 fully saturated rings. The van der Waals surface area contributed by atoms with Crippen molar-refractivity contribution < 1.29 is 17.9 Å². The number of hydrogen-bond donors (Lipinski definition) is 1. The summed E-state index contributed by atoms with van der Waals surface area (Å²) >= 11 is 0. The molecule has 27 heavy (non-hydrogen) atoms. The van der Waals surface area contributed by atoms with Gasteiger partial charge >= 0.3 is 6.18 Å². The number of fused-ring (bicyclic) bond motifs is 3. The summed E-state index contributed by atoms with van der Waals surface area (Å²) in [5, 5.41) is 0. The highest BCUT2D eigenvalue weighted by Gasteiger charge is 2.36. The van der Waals surface area contributed by atoms with Crippen LogP contribution in [0.5, 0.6) is 11.6 Å². The molecule has 3 aliphatic carbocycles. The third kappa shape index (κ3) is 4.00. The van der Waals surface area contributed by atoms with E-state index < -0.39 is 11.7 Å². The highest BCUT2D eigenvalue weighted by atomic mass is 19.4. The van der Waals surface area contributed by atoms with Gasteiger partial charge in [-0.05, 0) is 61.3 Å². The second-order valence-electron chi connectivity index (χ2n) is 7.41. The van der Waals surface area contributed by atoms with E-state index in [1.54, 1.807) is 6.07 Å². The summed E-state index contributed by atoms with van der Waals surface area (Å²) in [7, 11) is 0. The number of alkyl halides is 3. The average Bonchev–Trinajstić information content (AvgIpc) is 2.63. The van der Waals surface area contributed by atoms with E-state index in [9.17, 15) is 13.2 Å². The number of benzene rings is 1. The minimum atomic E-state index is -4.40. The zero-order valence-electron chi connectivity index (χ0n) is 14.7. The second-order valence-corrected chi connectivity index (χ2v) is 7.41. The molecular formula is C21H21F3N2O. The van der Waals surface area contributed by atoms with Gasteiger partial charge in [-0.25, -0.2) is 4.98 Å². The standard InChI is InChI=1S/C21H21F3N2O/c22-21(23,24)17-6-7-20(26-12-17)27-18-3-1-2-13(9-18)8-16-10-15-5-4-14(16)11-19(15)25/h1-3,6-9,12,14-15,19H,4-5,10-11,25H2/b16-8+. The number of halogens is 3. The zero-order chi connectivity index (χ0) is 19.0. The molecule has 3 unspecified atom stereocenters. The monoisotopic (exact) mass is 374 g/mol. The molecule has 1 aromatic heterocycles. The van der Waals surface area contributed by atoms with Crippen LogP contribution in [0.25, 0.3) is 6.08 Å². The Balaban J connectivity index is 1.49. The first-order chi connectivity index (χ1) is 12.9. The molecule has 0 saturated heterocycles. The molecule has 0 radical (unpaired) electrons. The molecule has 1 heterocycles. The summed E-state index contributed by atoms with van der Waals surface area (Å²) in [6.45, 7) is 0. The predicted octanol–water partition coefficient (Wildman–Crippen LogP) is 5.42. The maximum Gasteiger partial charge on any atom is 0.417 e. The van der Waals surface area contributed by atoms with Crippen molar-refractivity contribution in [1.82, 2.24) is 4.98 Å². The van der Waals surface area contributed by atoms with Gasteiger partial charge in [0.1, 0.15) is 5.75 Å². The first-order valence-electron chi connectivity index (χ1n) is 9.16. The van der Waals surface area contributed by atoms with Crippen molar-refractivity contribution in [2.75, 3.05) is 0 Å². The lowest BCUT2D eigenvalue weighted by Crippen LogP contribution is -2.42. The van der Waals surface area contributed by atoms with Crippen LogP contribution < -0.4 is 10.5 Å². The minimum Gasteiger partial charge on any atom is -0.439 e. The number of hydrogen-bond acceptors (Lipinski definition) is 3. The van der Waals surface area contributed by atoms with E-state index in [1.807, 2.05) is 18.2 Å². The Morgan fingerprint density at radius 2 is 2.00 bits per heavy atom. The molecule has 0 spiro atoms. The predicted molar refractivity (Wildman–Crippen MR) is 97.2 cm³/mol. The third-order valence-electron chi connectivity index (χ3n) is 5.57. The molecule has 2 N–H and O–H groups in total. The highest BCUT2D eigenvalue weighted by Crippen LogP contribution is 2.44. The molecule has 1 aromatic carbocycles. The van der Waals surface area contributed by atoms with Crippen LogP contribution in [0.3, 0.4) is 0 Å². The lowest BCUT2D eigenvalue weighted by atomic mass is 9.65. The van der Waals surface area contributed by atoms with E-state index in [4.69, 9.17) is 10.5 Å². The Kier molecular flexibility index (Phi) is 4.68. The fraction of sp³-hybridized carbons (Fsp3) is 0.381. The Bertz CT molecular complexity index is 845. The normalized spacial score (nSPS) is 26.4. The van der Waals surface area contributed by atoms with Gasteiger partial charge in [-0.15, -0.1) is 0 Å². The lowest BCUT2D eigenvalue weighted by molar-refractivity contribution is -0.137. The van der Waals surface area contributed by atoms with E-state index in [-0.39, 0.29) is 5.88 Å². The van der Waals surface area contributed by atoms with Gasteiger partial charge in [0.2, 0.25) is 5.88 Å². The van der Waals surface area contributed by atoms with Crippen LogP contribution in [-0.4, -0.2) is 11.0 Å². The maximum absolute atomic E-state index is 12.6. The Labute approximate surface area is 156 Å². The van der Waals surface area contributed by atoms with Crippen molar-refractivity contribution in [2.24, 2.45) is 17.6 Å². The molecule has 2 aromatic rings. The van der Waals surface area contributed by atoms with Crippen molar-refractivity contribution >= 4 is 6.08 Å². The Morgan fingerprint density at radius 1 is 1.15 bits per heavy atom. The quantitative estimate of drug-likeness (QED) is 0.780. The topological polar surface area (TPSA) is 48.1 Å². The van der Waals surface area contributed by atoms with Gasteiger partial charge in [-0.2, -0.15) is 13.2 Å². The van der Waals surface area contributed by atoms with E-state index in [0.717, 1.165) is 30.7 Å². The minimum absolute atomic E-state index is 0.135. The third-order valence-corrected chi connectivity index (χ3v) is 5.57. The van der Waals surface area contributed by atoms with Crippen molar-refractivity contribution in [3.05, 3.63) is 59.3 Å². The van der Waals surface area contributed by atoms with Crippen molar-refractivity contribution in [1.29, 1.82) is 0 Å². The van der Waals surface area contributed by atoms with Gasteiger partial charge in [0.15, 0.2) is 0 Å². The van der Waals surface area contributed by atoms with Crippen LogP contribution >= 0.6 is 0 Å². The van der Waals surface area contributed by atoms with Crippen molar-refractivity contribution in [3.63, 3.8) is 0 Å². The first kappa shape index (κ1) is 18.0. The maximum atomic E-state index is 12.6. The number of aromatic nitrogens is 1. The fourth-order valence-electron chi connectivity index (χ4n) is 4.12. The van der Waals surface area contributed by atoms with E-state index in [1.165, 1.54) is 24.5 Å². The number of rotatable bonds is 3. The van der Waals surface area contributed by atoms with Gasteiger partial charge in [0.05, 0.1) is 5.56 Å². The van der Waals surface area contributed by atoms with Crippen LogP contribution in [0.4, 0.5) is 13.2 Å². The summed E-state index contributed by atoms with van der Waals surface area (Å²) in [6, 6.07) is 10.0. The zero-order valence-corrected chi connectivity index (χ0v) is 14.7. The number of allylic oxidation sites excluding steroid dienone is 1. The summed E-state index contributed by atoms with van der Waals surface area (Å²) < 4.78 is 43.5. The lowest BCUT2D eigenvalue weighted by Gasteiger charge is -2.42. The molecule has 2 bridgehead atoms. The number of ether oxygens (including phenoxy) is 1.